The van der Waals surface area contributed by atoms with Crippen molar-refractivity contribution in [3.05, 3.63) is 24.4 Å². The van der Waals surface area contributed by atoms with Crippen LogP contribution >= 0.6 is 28.7 Å². The largest absolute Gasteiger partial charge is 0.250 e. The van der Waals surface area contributed by atoms with Crippen LogP contribution in [0.2, 0.25) is 0 Å². The van der Waals surface area contributed by atoms with Gasteiger partial charge in [-0.1, -0.05) is 13.0 Å². The standard InChI is InChI=1S/C7H9NS.BrH/c1-2-9-7-5-3-4-6-8-7;/h3-6H,2H2,1H3;1H. The van der Waals surface area contributed by atoms with E-state index < -0.39 is 0 Å². The molecule has 0 bridgehead atoms. The zero-order valence-electron chi connectivity index (χ0n) is 5.78. The van der Waals surface area contributed by atoms with Gasteiger partial charge in [0, 0.05) is 6.20 Å². The molecule has 0 spiro atoms. The Morgan fingerprint density at radius 2 is 2.30 bits per heavy atom. The smallest absolute Gasteiger partial charge is 0.0959 e. The van der Waals surface area contributed by atoms with Crippen molar-refractivity contribution in [3.63, 3.8) is 0 Å². The molecule has 0 aliphatic rings. The van der Waals surface area contributed by atoms with Gasteiger partial charge >= 0.3 is 0 Å². The highest BCUT2D eigenvalue weighted by Crippen LogP contribution is 2.11. The number of pyridine rings is 1. The van der Waals surface area contributed by atoms with Crippen LogP contribution in [0.3, 0.4) is 0 Å². The minimum absolute atomic E-state index is 0. The van der Waals surface area contributed by atoms with Crippen molar-refractivity contribution >= 4 is 28.7 Å². The predicted molar refractivity (Wildman–Crippen MR) is 51.0 cm³/mol. The Kier molecular flexibility index (Phi) is 5.73. The van der Waals surface area contributed by atoms with Crippen molar-refractivity contribution in [1.29, 1.82) is 0 Å². The van der Waals surface area contributed by atoms with E-state index in [1.54, 1.807) is 11.8 Å². The van der Waals surface area contributed by atoms with Crippen LogP contribution in [-0.4, -0.2) is 10.7 Å². The van der Waals surface area contributed by atoms with Gasteiger partial charge in [-0.05, 0) is 17.9 Å². The highest BCUT2D eigenvalue weighted by molar-refractivity contribution is 8.93. The molecule has 0 fully saturated rings. The van der Waals surface area contributed by atoms with Crippen molar-refractivity contribution in [2.75, 3.05) is 5.75 Å². The van der Waals surface area contributed by atoms with E-state index in [2.05, 4.69) is 11.9 Å². The van der Waals surface area contributed by atoms with Gasteiger partial charge in [0.2, 0.25) is 0 Å². The van der Waals surface area contributed by atoms with Gasteiger partial charge in [-0.3, -0.25) is 0 Å². The third-order valence-electron chi connectivity index (χ3n) is 0.930. The summed E-state index contributed by atoms with van der Waals surface area (Å²) in [5.74, 6) is 1.09. The second-order valence-electron chi connectivity index (χ2n) is 1.60. The molecule has 56 valence electrons. The summed E-state index contributed by atoms with van der Waals surface area (Å²) in [5, 5.41) is 1.11. The van der Waals surface area contributed by atoms with Crippen molar-refractivity contribution in [3.8, 4) is 0 Å². The number of thioether (sulfide) groups is 1. The first kappa shape index (κ1) is 9.98. The molecule has 0 radical (unpaired) electrons. The molecule has 10 heavy (non-hydrogen) atoms. The Morgan fingerprint density at radius 1 is 1.50 bits per heavy atom. The van der Waals surface area contributed by atoms with Crippen LogP contribution in [0.25, 0.3) is 0 Å². The van der Waals surface area contributed by atoms with E-state index in [0.717, 1.165) is 10.8 Å². The molecule has 0 aliphatic carbocycles. The molecule has 0 aliphatic heterocycles. The maximum atomic E-state index is 4.13. The molecular weight excluding hydrogens is 210 g/mol. The molecule has 0 aromatic carbocycles. The van der Waals surface area contributed by atoms with Gasteiger partial charge in [0.05, 0.1) is 5.03 Å². The number of hydrogen-bond donors (Lipinski definition) is 0. The van der Waals surface area contributed by atoms with Crippen molar-refractivity contribution < 1.29 is 0 Å². The highest BCUT2D eigenvalue weighted by atomic mass is 79.9. The van der Waals surface area contributed by atoms with E-state index in [4.69, 9.17) is 0 Å². The molecule has 0 saturated heterocycles. The van der Waals surface area contributed by atoms with Gasteiger partial charge in [-0.25, -0.2) is 4.98 Å². The summed E-state index contributed by atoms with van der Waals surface area (Å²) in [5.41, 5.74) is 0. The first-order valence-electron chi connectivity index (χ1n) is 2.97. The molecule has 0 N–H and O–H groups in total. The molecule has 1 rings (SSSR count). The molecule has 0 unspecified atom stereocenters. The molecule has 0 amide bonds. The van der Waals surface area contributed by atoms with E-state index >= 15 is 0 Å². The molecule has 1 aromatic heterocycles. The lowest BCUT2D eigenvalue weighted by Gasteiger charge is -1.92. The van der Waals surface area contributed by atoms with E-state index in [1.165, 1.54) is 0 Å². The molecular formula is C7H10BrNS. The minimum Gasteiger partial charge on any atom is -0.250 e. The molecule has 0 saturated carbocycles. The van der Waals surface area contributed by atoms with Gasteiger partial charge in [0.25, 0.3) is 0 Å². The topological polar surface area (TPSA) is 12.9 Å². The van der Waals surface area contributed by atoms with Crippen LogP contribution in [0.1, 0.15) is 6.92 Å². The van der Waals surface area contributed by atoms with Crippen LogP contribution in [0.15, 0.2) is 29.4 Å². The van der Waals surface area contributed by atoms with Crippen LogP contribution in [-0.2, 0) is 0 Å². The number of rotatable bonds is 2. The van der Waals surface area contributed by atoms with Gasteiger partial charge < -0.3 is 0 Å². The molecule has 0 atom stereocenters. The van der Waals surface area contributed by atoms with E-state index in [0.29, 0.717) is 0 Å². The summed E-state index contributed by atoms with van der Waals surface area (Å²) in [4.78, 5) is 4.13. The zero-order valence-corrected chi connectivity index (χ0v) is 8.31. The lowest BCUT2D eigenvalue weighted by atomic mass is 10.5. The van der Waals surface area contributed by atoms with Crippen LogP contribution in [0.5, 0.6) is 0 Å². The maximum absolute atomic E-state index is 4.13. The van der Waals surface area contributed by atoms with E-state index in [9.17, 15) is 0 Å². The normalized spacial score (nSPS) is 8.50. The third-order valence-corrected chi connectivity index (χ3v) is 1.76. The summed E-state index contributed by atoms with van der Waals surface area (Å²) in [6.07, 6.45) is 1.82. The number of halogens is 1. The number of nitrogens with zero attached hydrogens (tertiary/aromatic N) is 1. The Bertz CT molecular complexity index is 167. The number of aromatic nitrogens is 1. The first-order valence-corrected chi connectivity index (χ1v) is 3.96. The van der Waals surface area contributed by atoms with Gasteiger partial charge in [0.1, 0.15) is 0 Å². The Labute approximate surface area is 76.0 Å². The van der Waals surface area contributed by atoms with E-state index in [1.807, 2.05) is 24.4 Å². The summed E-state index contributed by atoms with van der Waals surface area (Å²) in [6.45, 7) is 2.12. The molecule has 1 aromatic rings. The number of hydrogen-bond acceptors (Lipinski definition) is 2. The molecule has 3 heteroatoms. The zero-order chi connectivity index (χ0) is 6.53. The second-order valence-corrected chi connectivity index (χ2v) is 2.89. The predicted octanol–water partition coefficient (Wildman–Crippen LogP) is 2.77. The Morgan fingerprint density at radius 3 is 2.80 bits per heavy atom. The SMILES string of the molecule is Br.CCSc1ccccn1. The van der Waals surface area contributed by atoms with Crippen molar-refractivity contribution in [2.45, 2.75) is 11.9 Å². The Balaban J connectivity index is 0.000000810. The summed E-state index contributed by atoms with van der Waals surface area (Å²) in [6, 6.07) is 5.96. The minimum atomic E-state index is 0. The summed E-state index contributed by atoms with van der Waals surface area (Å²) < 4.78 is 0. The van der Waals surface area contributed by atoms with Crippen LogP contribution in [0.4, 0.5) is 0 Å². The second kappa shape index (κ2) is 5.74. The summed E-state index contributed by atoms with van der Waals surface area (Å²) in [7, 11) is 0. The van der Waals surface area contributed by atoms with Gasteiger partial charge in [-0.2, -0.15) is 0 Å². The van der Waals surface area contributed by atoms with Crippen LogP contribution in [0, 0.1) is 0 Å². The fourth-order valence-electron chi connectivity index (χ4n) is 0.580. The molecule has 1 heterocycles. The molecule has 1 nitrogen and oxygen atoms in total. The monoisotopic (exact) mass is 219 g/mol. The van der Waals surface area contributed by atoms with Crippen molar-refractivity contribution in [1.82, 2.24) is 4.98 Å². The average molecular weight is 220 g/mol. The fraction of sp³-hybridized carbons (Fsp3) is 0.286. The summed E-state index contributed by atoms with van der Waals surface area (Å²) >= 11 is 1.76. The maximum Gasteiger partial charge on any atom is 0.0959 e. The Hall–Kier alpha value is -0.0200. The van der Waals surface area contributed by atoms with Gasteiger partial charge in [0.15, 0.2) is 0 Å². The fourth-order valence-corrected chi connectivity index (χ4v) is 1.19. The lowest BCUT2D eigenvalue weighted by molar-refractivity contribution is 1.13. The third kappa shape index (κ3) is 3.22. The quantitative estimate of drug-likeness (QED) is 0.711. The average Bonchev–Trinajstić information content (AvgIpc) is 1.91. The lowest BCUT2D eigenvalue weighted by Crippen LogP contribution is -1.75. The van der Waals surface area contributed by atoms with Crippen LogP contribution < -0.4 is 0 Å². The van der Waals surface area contributed by atoms with E-state index in [-0.39, 0.29) is 17.0 Å². The van der Waals surface area contributed by atoms with Gasteiger partial charge in [-0.15, -0.1) is 28.7 Å². The first-order chi connectivity index (χ1) is 4.43. The highest BCUT2D eigenvalue weighted by Gasteiger charge is 1.86. The van der Waals surface area contributed by atoms with Crippen molar-refractivity contribution in [2.24, 2.45) is 0 Å².